The predicted octanol–water partition coefficient (Wildman–Crippen LogP) is 2.74. The van der Waals surface area contributed by atoms with E-state index >= 15 is 0 Å². The molecule has 0 aromatic heterocycles. The molecule has 1 unspecified atom stereocenters. The molecule has 2 rings (SSSR count). The summed E-state index contributed by atoms with van der Waals surface area (Å²) in [5.41, 5.74) is 0. The maximum Gasteiger partial charge on any atom is 0.248 e. The maximum absolute atomic E-state index is 13.3. The van der Waals surface area contributed by atoms with Gasteiger partial charge in [-0.05, 0) is 64.2 Å². The Balaban J connectivity index is 1.71. The van der Waals surface area contributed by atoms with E-state index in [1.165, 1.54) is 12.8 Å². The van der Waals surface area contributed by atoms with E-state index in [1.807, 2.05) is 7.05 Å². The van der Waals surface area contributed by atoms with E-state index in [9.17, 15) is 8.78 Å². The number of nitrogens with one attached hydrogen (secondary N) is 1. The molecular formula is C14H26F2N2. The van der Waals surface area contributed by atoms with Crippen molar-refractivity contribution in [3.8, 4) is 0 Å². The molecule has 1 N–H and O–H groups in total. The Morgan fingerprint density at radius 2 is 1.89 bits per heavy atom. The van der Waals surface area contributed by atoms with Gasteiger partial charge >= 0.3 is 0 Å². The first-order valence-electron chi connectivity index (χ1n) is 7.34. The topological polar surface area (TPSA) is 15.3 Å². The number of piperidine rings is 1. The Morgan fingerprint density at radius 3 is 2.50 bits per heavy atom. The highest BCUT2D eigenvalue weighted by Crippen LogP contribution is 2.37. The van der Waals surface area contributed by atoms with Crippen LogP contribution in [0.5, 0.6) is 0 Å². The third kappa shape index (κ3) is 4.16. The molecule has 106 valence electrons. The van der Waals surface area contributed by atoms with Crippen LogP contribution in [-0.2, 0) is 0 Å². The molecule has 1 heterocycles. The summed E-state index contributed by atoms with van der Waals surface area (Å²) in [6, 6.07) is 0. The molecule has 0 bridgehead atoms. The molecule has 2 fully saturated rings. The molecule has 0 aromatic rings. The summed E-state index contributed by atoms with van der Waals surface area (Å²) < 4.78 is 26.7. The molecule has 1 aliphatic heterocycles. The number of likely N-dealkylation sites (tertiary alicyclic amines) is 1. The Hall–Kier alpha value is -0.220. The molecule has 2 nitrogen and oxygen atoms in total. The monoisotopic (exact) mass is 260 g/mol. The van der Waals surface area contributed by atoms with Gasteiger partial charge in [-0.3, -0.25) is 0 Å². The average molecular weight is 260 g/mol. The minimum atomic E-state index is -2.40. The van der Waals surface area contributed by atoms with Crippen molar-refractivity contribution in [2.24, 2.45) is 11.8 Å². The van der Waals surface area contributed by atoms with Crippen molar-refractivity contribution < 1.29 is 8.78 Å². The summed E-state index contributed by atoms with van der Waals surface area (Å²) in [6.45, 7) is 4.17. The smallest absolute Gasteiger partial charge is 0.248 e. The first-order valence-corrected chi connectivity index (χ1v) is 7.34. The molecule has 18 heavy (non-hydrogen) atoms. The first-order chi connectivity index (χ1) is 8.59. The highest BCUT2D eigenvalue weighted by molar-refractivity contribution is 4.82. The molecule has 0 spiro atoms. The molecule has 1 saturated heterocycles. The normalized spacial score (nSPS) is 30.5. The fraction of sp³-hybridized carbons (Fsp3) is 1.00. The van der Waals surface area contributed by atoms with Crippen LogP contribution in [0.3, 0.4) is 0 Å². The van der Waals surface area contributed by atoms with Gasteiger partial charge in [-0.25, -0.2) is 8.78 Å². The standard InChI is InChI=1S/C14H26F2N2/c1-17-10-12-4-7-18(8-5-12)11-13-3-2-6-14(15,16)9-13/h12-13,17H,2-11H2,1H3. The second-order valence-electron chi connectivity index (χ2n) is 6.12. The zero-order valence-corrected chi connectivity index (χ0v) is 11.4. The van der Waals surface area contributed by atoms with Gasteiger partial charge in [0.05, 0.1) is 0 Å². The van der Waals surface area contributed by atoms with Crippen molar-refractivity contribution in [1.29, 1.82) is 0 Å². The minimum Gasteiger partial charge on any atom is -0.319 e. The van der Waals surface area contributed by atoms with Crippen LogP contribution in [0.25, 0.3) is 0 Å². The summed E-state index contributed by atoms with van der Waals surface area (Å²) in [5, 5.41) is 3.23. The van der Waals surface area contributed by atoms with E-state index in [4.69, 9.17) is 0 Å². The molecule has 2 aliphatic rings. The number of alkyl halides is 2. The van der Waals surface area contributed by atoms with Crippen LogP contribution in [0.1, 0.15) is 38.5 Å². The molecule has 0 aromatic carbocycles. The summed E-state index contributed by atoms with van der Waals surface area (Å²) in [7, 11) is 2.00. The van der Waals surface area contributed by atoms with E-state index in [2.05, 4.69) is 10.2 Å². The first kappa shape index (κ1) is 14.2. The van der Waals surface area contributed by atoms with Crippen LogP contribution in [-0.4, -0.2) is 44.0 Å². The number of halogens is 2. The molecule has 0 amide bonds. The van der Waals surface area contributed by atoms with Gasteiger partial charge in [0.2, 0.25) is 5.92 Å². The Labute approximate surface area is 109 Å². The van der Waals surface area contributed by atoms with Gasteiger partial charge in [-0.15, -0.1) is 0 Å². The average Bonchev–Trinajstić information content (AvgIpc) is 2.31. The Kier molecular flexibility index (Phi) is 4.96. The number of rotatable bonds is 4. The van der Waals surface area contributed by atoms with Gasteiger partial charge in [0, 0.05) is 19.4 Å². The molecule has 1 saturated carbocycles. The third-order valence-electron chi connectivity index (χ3n) is 4.46. The van der Waals surface area contributed by atoms with Crippen molar-refractivity contribution in [2.45, 2.75) is 44.4 Å². The predicted molar refractivity (Wildman–Crippen MR) is 70.0 cm³/mol. The number of nitrogens with zero attached hydrogens (tertiary/aromatic N) is 1. The van der Waals surface area contributed by atoms with Crippen molar-refractivity contribution in [1.82, 2.24) is 10.2 Å². The van der Waals surface area contributed by atoms with Gasteiger partial charge < -0.3 is 10.2 Å². The van der Waals surface area contributed by atoms with Crippen LogP contribution in [0.15, 0.2) is 0 Å². The third-order valence-corrected chi connectivity index (χ3v) is 4.46. The molecule has 1 atom stereocenters. The highest BCUT2D eigenvalue weighted by Gasteiger charge is 2.36. The lowest BCUT2D eigenvalue weighted by Crippen LogP contribution is -2.41. The van der Waals surface area contributed by atoms with Gasteiger partial charge in [0.1, 0.15) is 0 Å². The van der Waals surface area contributed by atoms with Crippen LogP contribution >= 0.6 is 0 Å². The van der Waals surface area contributed by atoms with Crippen molar-refractivity contribution >= 4 is 0 Å². The van der Waals surface area contributed by atoms with Crippen LogP contribution in [0.4, 0.5) is 8.78 Å². The van der Waals surface area contributed by atoms with Crippen LogP contribution in [0, 0.1) is 11.8 Å². The van der Waals surface area contributed by atoms with E-state index in [0.717, 1.165) is 38.5 Å². The largest absolute Gasteiger partial charge is 0.319 e. The molecule has 0 radical (unpaired) electrons. The van der Waals surface area contributed by atoms with Crippen molar-refractivity contribution in [3.63, 3.8) is 0 Å². The second kappa shape index (κ2) is 6.29. The fourth-order valence-electron chi connectivity index (χ4n) is 3.46. The number of hydrogen-bond donors (Lipinski definition) is 1. The lowest BCUT2D eigenvalue weighted by atomic mass is 9.85. The summed E-state index contributed by atoms with van der Waals surface area (Å²) in [6.07, 6.45) is 4.34. The summed E-state index contributed by atoms with van der Waals surface area (Å²) in [4.78, 5) is 2.40. The van der Waals surface area contributed by atoms with Crippen molar-refractivity contribution in [2.75, 3.05) is 33.2 Å². The second-order valence-corrected chi connectivity index (χ2v) is 6.12. The van der Waals surface area contributed by atoms with Crippen LogP contribution < -0.4 is 5.32 Å². The number of hydrogen-bond acceptors (Lipinski definition) is 2. The van der Waals surface area contributed by atoms with Gasteiger partial charge in [0.15, 0.2) is 0 Å². The Morgan fingerprint density at radius 1 is 1.17 bits per heavy atom. The van der Waals surface area contributed by atoms with Gasteiger partial charge in [-0.2, -0.15) is 0 Å². The van der Waals surface area contributed by atoms with Gasteiger partial charge in [-0.1, -0.05) is 0 Å². The van der Waals surface area contributed by atoms with E-state index in [0.29, 0.717) is 6.42 Å². The highest BCUT2D eigenvalue weighted by atomic mass is 19.3. The summed E-state index contributed by atoms with van der Waals surface area (Å²) >= 11 is 0. The lowest BCUT2D eigenvalue weighted by Gasteiger charge is -2.36. The molecular weight excluding hydrogens is 234 g/mol. The quantitative estimate of drug-likeness (QED) is 0.836. The van der Waals surface area contributed by atoms with E-state index in [-0.39, 0.29) is 18.8 Å². The SMILES string of the molecule is CNCC1CCN(CC2CCCC(F)(F)C2)CC1. The van der Waals surface area contributed by atoms with E-state index in [1.54, 1.807) is 0 Å². The van der Waals surface area contributed by atoms with Crippen LogP contribution in [0.2, 0.25) is 0 Å². The van der Waals surface area contributed by atoms with Crippen molar-refractivity contribution in [3.05, 3.63) is 0 Å². The zero-order valence-electron chi connectivity index (χ0n) is 11.4. The lowest BCUT2D eigenvalue weighted by molar-refractivity contribution is -0.0579. The fourth-order valence-corrected chi connectivity index (χ4v) is 3.46. The van der Waals surface area contributed by atoms with E-state index < -0.39 is 5.92 Å². The zero-order chi connectivity index (χ0) is 13.0. The minimum absolute atomic E-state index is 0.105. The van der Waals surface area contributed by atoms with Gasteiger partial charge in [0.25, 0.3) is 0 Å². The summed E-state index contributed by atoms with van der Waals surface area (Å²) in [5.74, 6) is -1.40. The Bertz CT molecular complexity index is 250. The molecule has 4 heteroatoms. The molecule has 1 aliphatic carbocycles. The maximum atomic E-state index is 13.3.